The summed E-state index contributed by atoms with van der Waals surface area (Å²) in [5, 5.41) is 11.7. The zero-order valence-electron chi connectivity index (χ0n) is 17.2. The van der Waals surface area contributed by atoms with E-state index in [1.54, 1.807) is 50.5 Å². The molecule has 0 unspecified atom stereocenters. The van der Waals surface area contributed by atoms with Crippen LogP contribution < -0.4 is 5.32 Å². The molecule has 0 saturated heterocycles. The summed E-state index contributed by atoms with van der Waals surface area (Å²) >= 11 is 0. The van der Waals surface area contributed by atoms with Crippen LogP contribution in [-0.2, 0) is 9.84 Å². The SMILES string of the molecule is CCC[C@@H](CO)NC(=O)c1c[nH]c2ncc(-c3ccc(S(=O)(=O)C(C)C)cc3)nc12. The molecule has 160 valence electrons. The summed E-state index contributed by atoms with van der Waals surface area (Å²) in [7, 11) is -3.35. The summed E-state index contributed by atoms with van der Waals surface area (Å²) in [4.78, 5) is 24.7. The van der Waals surface area contributed by atoms with Gasteiger partial charge in [-0.05, 0) is 32.4 Å². The number of fused-ring (bicyclic) bond motifs is 1. The lowest BCUT2D eigenvalue weighted by Crippen LogP contribution is -2.37. The van der Waals surface area contributed by atoms with Gasteiger partial charge in [-0.15, -0.1) is 0 Å². The molecule has 3 aromatic rings. The van der Waals surface area contributed by atoms with Gasteiger partial charge in [0, 0.05) is 11.8 Å². The molecule has 1 aromatic carbocycles. The fraction of sp³-hybridized carbons (Fsp3) is 0.381. The third-order valence-electron chi connectivity index (χ3n) is 4.92. The third kappa shape index (κ3) is 4.36. The molecule has 2 heterocycles. The van der Waals surface area contributed by atoms with Gasteiger partial charge < -0.3 is 15.4 Å². The first-order chi connectivity index (χ1) is 14.3. The minimum absolute atomic E-state index is 0.134. The molecule has 0 spiro atoms. The number of hydrogen-bond donors (Lipinski definition) is 3. The molecule has 0 aliphatic carbocycles. The van der Waals surface area contributed by atoms with Gasteiger partial charge in [-0.2, -0.15) is 0 Å². The van der Waals surface area contributed by atoms with Crippen LogP contribution in [0, 0.1) is 0 Å². The van der Waals surface area contributed by atoms with Gasteiger partial charge in [0.25, 0.3) is 5.91 Å². The average Bonchev–Trinajstić information content (AvgIpc) is 3.16. The van der Waals surface area contributed by atoms with Crippen LogP contribution in [0.25, 0.3) is 22.4 Å². The highest BCUT2D eigenvalue weighted by molar-refractivity contribution is 7.92. The fourth-order valence-corrected chi connectivity index (χ4v) is 4.17. The van der Waals surface area contributed by atoms with E-state index >= 15 is 0 Å². The van der Waals surface area contributed by atoms with E-state index in [4.69, 9.17) is 0 Å². The van der Waals surface area contributed by atoms with Crippen molar-refractivity contribution in [1.29, 1.82) is 0 Å². The highest BCUT2D eigenvalue weighted by Gasteiger charge is 2.20. The quantitative estimate of drug-likeness (QED) is 0.505. The van der Waals surface area contributed by atoms with E-state index in [1.165, 1.54) is 0 Å². The van der Waals surface area contributed by atoms with Crippen molar-refractivity contribution in [2.24, 2.45) is 0 Å². The lowest BCUT2D eigenvalue weighted by atomic mass is 10.1. The maximum absolute atomic E-state index is 12.7. The topological polar surface area (TPSA) is 125 Å². The summed E-state index contributed by atoms with van der Waals surface area (Å²) in [5.74, 6) is -0.335. The fourth-order valence-electron chi connectivity index (χ4n) is 3.11. The molecule has 3 N–H and O–H groups in total. The van der Waals surface area contributed by atoms with Crippen molar-refractivity contribution in [2.45, 2.75) is 49.8 Å². The maximum Gasteiger partial charge on any atom is 0.255 e. The van der Waals surface area contributed by atoms with E-state index in [0.29, 0.717) is 34.4 Å². The van der Waals surface area contributed by atoms with Gasteiger partial charge in [-0.25, -0.2) is 18.4 Å². The van der Waals surface area contributed by atoms with Crippen LogP contribution in [0.5, 0.6) is 0 Å². The van der Waals surface area contributed by atoms with E-state index < -0.39 is 15.1 Å². The molecule has 3 rings (SSSR count). The Kier molecular flexibility index (Phi) is 6.52. The molecule has 0 aliphatic rings. The molecule has 1 atom stereocenters. The number of aliphatic hydroxyl groups excluding tert-OH is 1. The molecule has 30 heavy (non-hydrogen) atoms. The largest absolute Gasteiger partial charge is 0.394 e. The minimum atomic E-state index is -3.35. The highest BCUT2D eigenvalue weighted by Crippen LogP contribution is 2.24. The second kappa shape index (κ2) is 8.93. The van der Waals surface area contributed by atoms with E-state index in [2.05, 4.69) is 20.3 Å². The molecule has 0 aliphatic heterocycles. The number of sulfone groups is 1. The summed E-state index contributed by atoms with van der Waals surface area (Å²) in [6.07, 6.45) is 4.63. The zero-order chi connectivity index (χ0) is 21.9. The Morgan fingerprint density at radius 2 is 1.93 bits per heavy atom. The third-order valence-corrected chi connectivity index (χ3v) is 7.09. The number of carbonyl (C=O) groups excluding carboxylic acids is 1. The number of nitrogens with zero attached hydrogens (tertiary/aromatic N) is 2. The molecular weight excluding hydrogens is 404 g/mol. The van der Waals surface area contributed by atoms with Crippen LogP contribution >= 0.6 is 0 Å². The number of aromatic amines is 1. The number of aliphatic hydroxyl groups is 1. The molecular formula is C21H26N4O4S. The van der Waals surface area contributed by atoms with Crippen molar-refractivity contribution in [3.63, 3.8) is 0 Å². The van der Waals surface area contributed by atoms with Gasteiger partial charge in [0.1, 0.15) is 5.52 Å². The van der Waals surface area contributed by atoms with Crippen molar-refractivity contribution in [2.75, 3.05) is 6.61 Å². The lowest BCUT2D eigenvalue weighted by molar-refractivity contribution is 0.0914. The van der Waals surface area contributed by atoms with E-state index in [-0.39, 0.29) is 23.5 Å². The van der Waals surface area contributed by atoms with Crippen molar-refractivity contribution in [3.05, 3.63) is 42.2 Å². The Hall–Kier alpha value is -2.78. The molecule has 1 amide bonds. The van der Waals surface area contributed by atoms with Crippen molar-refractivity contribution in [1.82, 2.24) is 20.3 Å². The molecule has 9 heteroatoms. The van der Waals surface area contributed by atoms with Crippen molar-refractivity contribution >= 4 is 26.9 Å². The Morgan fingerprint density at radius 3 is 2.53 bits per heavy atom. The zero-order valence-corrected chi connectivity index (χ0v) is 18.0. The molecule has 0 saturated carbocycles. The van der Waals surface area contributed by atoms with Crippen molar-refractivity contribution in [3.8, 4) is 11.3 Å². The van der Waals surface area contributed by atoms with Gasteiger partial charge >= 0.3 is 0 Å². The Morgan fingerprint density at radius 1 is 1.23 bits per heavy atom. The predicted octanol–water partition coefficient (Wildman–Crippen LogP) is 2.70. The van der Waals surface area contributed by atoms with Crippen LogP contribution in [0.1, 0.15) is 44.0 Å². The Bertz CT molecular complexity index is 1140. The van der Waals surface area contributed by atoms with Gasteiger partial charge in [0.2, 0.25) is 0 Å². The number of benzene rings is 1. The summed E-state index contributed by atoms with van der Waals surface area (Å²) in [6.45, 7) is 5.13. The van der Waals surface area contributed by atoms with E-state index in [9.17, 15) is 18.3 Å². The normalized spacial score (nSPS) is 13.0. The predicted molar refractivity (Wildman–Crippen MR) is 115 cm³/mol. The van der Waals surface area contributed by atoms with Gasteiger partial charge in [-0.1, -0.05) is 25.5 Å². The minimum Gasteiger partial charge on any atom is -0.394 e. The number of nitrogens with one attached hydrogen (secondary N) is 2. The van der Waals surface area contributed by atoms with Gasteiger partial charge in [-0.3, -0.25) is 4.79 Å². The number of amides is 1. The number of hydrogen-bond acceptors (Lipinski definition) is 6. The van der Waals surface area contributed by atoms with Gasteiger partial charge in [0.05, 0.1) is 40.2 Å². The summed E-state index contributed by atoms with van der Waals surface area (Å²) in [6, 6.07) is 6.15. The monoisotopic (exact) mass is 430 g/mol. The number of aromatic nitrogens is 3. The maximum atomic E-state index is 12.7. The number of rotatable bonds is 8. The molecule has 0 radical (unpaired) electrons. The van der Waals surface area contributed by atoms with Crippen molar-refractivity contribution < 1.29 is 18.3 Å². The molecule has 0 fully saturated rings. The smallest absolute Gasteiger partial charge is 0.255 e. The standard InChI is InChI=1S/C21H26N4O4S/c1-4-5-15(12-26)24-21(27)17-10-22-20-19(17)25-18(11-23-20)14-6-8-16(9-7-14)30(28,29)13(2)3/h6-11,13,15,26H,4-5,12H2,1-3H3,(H,22,23)(H,24,27)/t15-/m0/s1. The van der Waals surface area contributed by atoms with E-state index in [0.717, 1.165) is 6.42 Å². The Labute approximate surface area is 175 Å². The van der Waals surface area contributed by atoms with Crippen LogP contribution in [0.15, 0.2) is 41.6 Å². The van der Waals surface area contributed by atoms with E-state index in [1.807, 2.05) is 6.92 Å². The second-order valence-electron chi connectivity index (χ2n) is 7.41. The highest BCUT2D eigenvalue weighted by atomic mass is 32.2. The molecule has 0 bridgehead atoms. The van der Waals surface area contributed by atoms with Crippen LogP contribution in [0.3, 0.4) is 0 Å². The Balaban J connectivity index is 1.92. The van der Waals surface area contributed by atoms with Crippen LogP contribution in [-0.4, -0.2) is 52.3 Å². The van der Waals surface area contributed by atoms with Crippen LogP contribution in [0.4, 0.5) is 0 Å². The van der Waals surface area contributed by atoms with Gasteiger partial charge in [0.15, 0.2) is 15.5 Å². The first-order valence-electron chi connectivity index (χ1n) is 9.88. The number of H-pyrrole nitrogens is 1. The molecule has 8 nitrogen and oxygen atoms in total. The first kappa shape index (κ1) is 21.9. The summed E-state index contributed by atoms with van der Waals surface area (Å²) < 4.78 is 24.6. The van der Waals surface area contributed by atoms with Crippen LogP contribution in [0.2, 0.25) is 0 Å². The first-order valence-corrected chi connectivity index (χ1v) is 11.4. The summed E-state index contributed by atoms with van der Waals surface area (Å²) in [5.41, 5.74) is 2.44. The second-order valence-corrected chi connectivity index (χ2v) is 9.92. The molecule has 2 aromatic heterocycles. The average molecular weight is 431 g/mol. The lowest BCUT2D eigenvalue weighted by Gasteiger charge is -2.14. The number of carbonyl (C=O) groups is 1.